The third kappa shape index (κ3) is 5.42. The summed E-state index contributed by atoms with van der Waals surface area (Å²) < 4.78 is 5.87. The summed E-state index contributed by atoms with van der Waals surface area (Å²) in [5.74, 6) is 0.311. The molecule has 1 amide bonds. The fourth-order valence-electron chi connectivity index (χ4n) is 3.19. The number of pyridine rings is 1. The van der Waals surface area contributed by atoms with Crippen LogP contribution in [-0.2, 0) is 11.4 Å². The van der Waals surface area contributed by atoms with Gasteiger partial charge in [-0.3, -0.25) is 9.78 Å². The number of rotatable bonds is 6. The van der Waals surface area contributed by atoms with Crippen molar-refractivity contribution in [1.82, 2.24) is 10.3 Å². The van der Waals surface area contributed by atoms with Crippen molar-refractivity contribution in [2.24, 2.45) is 0 Å². The Morgan fingerprint density at radius 2 is 2.04 bits per heavy atom. The van der Waals surface area contributed by atoms with Crippen molar-refractivity contribution in [2.75, 3.05) is 0 Å². The summed E-state index contributed by atoms with van der Waals surface area (Å²) in [6.45, 7) is 0.370. The minimum absolute atomic E-state index is 0.0954. The summed E-state index contributed by atoms with van der Waals surface area (Å²) in [6.07, 6.45) is 10.5. The van der Waals surface area contributed by atoms with E-state index in [2.05, 4.69) is 10.3 Å². The number of nitrogens with one attached hydrogen (secondary N) is 1. The molecule has 1 aliphatic rings. The summed E-state index contributed by atoms with van der Waals surface area (Å²) in [6, 6.07) is 13.4. The molecular formula is C22H23N3O2. The molecule has 1 heterocycles. The molecule has 0 aliphatic heterocycles. The van der Waals surface area contributed by atoms with Crippen molar-refractivity contribution in [3.8, 4) is 11.8 Å². The second-order valence-electron chi connectivity index (χ2n) is 6.67. The predicted octanol–water partition coefficient (Wildman–Crippen LogP) is 4.02. The Kier molecular flexibility index (Phi) is 6.59. The molecule has 1 aromatic heterocycles. The lowest BCUT2D eigenvalue weighted by molar-refractivity contribution is -0.117. The number of nitriles is 1. The molecule has 0 radical (unpaired) electrons. The molecule has 1 fully saturated rings. The van der Waals surface area contributed by atoms with E-state index in [4.69, 9.17) is 4.74 Å². The summed E-state index contributed by atoms with van der Waals surface area (Å²) in [7, 11) is 0. The lowest BCUT2D eigenvalue weighted by Gasteiger charge is -2.22. The number of hydrogen-bond donors (Lipinski definition) is 1. The van der Waals surface area contributed by atoms with Crippen LogP contribution in [0.25, 0.3) is 6.08 Å². The predicted molar refractivity (Wildman–Crippen MR) is 104 cm³/mol. The topological polar surface area (TPSA) is 75.0 Å². The molecule has 0 saturated heterocycles. The molecule has 3 rings (SSSR count). The van der Waals surface area contributed by atoms with Gasteiger partial charge in [0.15, 0.2) is 0 Å². The van der Waals surface area contributed by atoms with Crippen LogP contribution in [0.4, 0.5) is 0 Å². The maximum atomic E-state index is 12.5. The summed E-state index contributed by atoms with van der Waals surface area (Å²) in [5, 5.41) is 12.4. The Bertz CT molecular complexity index is 834. The van der Waals surface area contributed by atoms with E-state index in [0.29, 0.717) is 17.9 Å². The Morgan fingerprint density at radius 3 is 2.78 bits per heavy atom. The van der Waals surface area contributed by atoms with Gasteiger partial charge in [-0.2, -0.15) is 5.26 Å². The van der Waals surface area contributed by atoms with Crippen molar-refractivity contribution in [3.05, 3.63) is 65.5 Å². The second-order valence-corrected chi connectivity index (χ2v) is 6.67. The van der Waals surface area contributed by atoms with Crippen LogP contribution in [0.3, 0.4) is 0 Å². The first-order valence-electron chi connectivity index (χ1n) is 9.29. The van der Waals surface area contributed by atoms with Crippen LogP contribution >= 0.6 is 0 Å². The minimum atomic E-state index is -0.313. The molecule has 0 spiro atoms. The van der Waals surface area contributed by atoms with Gasteiger partial charge >= 0.3 is 0 Å². The molecule has 1 saturated carbocycles. The lowest BCUT2D eigenvalue weighted by Crippen LogP contribution is -2.36. The number of carbonyl (C=O) groups is 1. The van der Waals surface area contributed by atoms with Crippen molar-refractivity contribution < 1.29 is 9.53 Å². The molecule has 1 N–H and O–H groups in total. The fourth-order valence-corrected chi connectivity index (χ4v) is 3.19. The maximum absolute atomic E-state index is 12.5. The van der Waals surface area contributed by atoms with Crippen molar-refractivity contribution in [3.63, 3.8) is 0 Å². The van der Waals surface area contributed by atoms with Crippen molar-refractivity contribution >= 4 is 12.0 Å². The number of benzene rings is 1. The van der Waals surface area contributed by atoms with Crippen LogP contribution in [0.15, 0.2) is 54.4 Å². The molecule has 0 atom stereocenters. The maximum Gasteiger partial charge on any atom is 0.262 e. The molecule has 5 heteroatoms. The highest BCUT2D eigenvalue weighted by Gasteiger charge is 2.18. The van der Waals surface area contributed by atoms with Crippen LogP contribution < -0.4 is 10.1 Å². The number of ether oxygens (including phenoxy) is 1. The monoisotopic (exact) mass is 361 g/mol. The van der Waals surface area contributed by atoms with Gasteiger partial charge in [0.25, 0.3) is 5.91 Å². The average Bonchev–Trinajstić information content (AvgIpc) is 2.72. The molecule has 5 nitrogen and oxygen atoms in total. The smallest absolute Gasteiger partial charge is 0.262 e. The van der Waals surface area contributed by atoms with Crippen molar-refractivity contribution in [1.29, 1.82) is 5.26 Å². The van der Waals surface area contributed by atoms with E-state index in [-0.39, 0.29) is 17.5 Å². The Balaban J connectivity index is 1.71. The quantitative estimate of drug-likeness (QED) is 0.623. The lowest BCUT2D eigenvalue weighted by atomic mass is 9.95. The van der Waals surface area contributed by atoms with Gasteiger partial charge in [-0.05, 0) is 31.1 Å². The van der Waals surface area contributed by atoms with Gasteiger partial charge in [-0.25, -0.2) is 0 Å². The van der Waals surface area contributed by atoms with E-state index < -0.39 is 0 Å². The highest BCUT2D eigenvalue weighted by atomic mass is 16.5. The molecule has 138 valence electrons. The first kappa shape index (κ1) is 18.7. The molecular weight excluding hydrogens is 338 g/mol. The summed E-state index contributed by atoms with van der Waals surface area (Å²) in [4.78, 5) is 16.6. The third-order valence-corrected chi connectivity index (χ3v) is 4.64. The molecule has 0 unspecified atom stereocenters. The molecule has 0 bridgehead atoms. The molecule has 1 aromatic carbocycles. The zero-order valence-corrected chi connectivity index (χ0v) is 15.2. The van der Waals surface area contributed by atoms with Gasteiger partial charge in [0.1, 0.15) is 24.0 Å². The zero-order valence-electron chi connectivity index (χ0n) is 15.2. The third-order valence-electron chi connectivity index (χ3n) is 4.64. The molecule has 27 heavy (non-hydrogen) atoms. The van der Waals surface area contributed by atoms with Crippen LogP contribution in [0, 0.1) is 11.3 Å². The SMILES string of the molecule is N#C/C(=C\c1ccccc1OCc1cccnc1)C(=O)NC1CCCCC1. The van der Waals surface area contributed by atoms with Crippen molar-refractivity contribution in [2.45, 2.75) is 44.8 Å². The molecule has 2 aromatic rings. The summed E-state index contributed by atoms with van der Waals surface area (Å²) in [5.41, 5.74) is 1.75. The number of carbonyl (C=O) groups excluding carboxylic acids is 1. The normalized spacial score (nSPS) is 15.0. The summed E-state index contributed by atoms with van der Waals surface area (Å²) >= 11 is 0. The van der Waals surface area contributed by atoms with Crippen LogP contribution in [0.5, 0.6) is 5.75 Å². The highest BCUT2D eigenvalue weighted by Crippen LogP contribution is 2.23. The Morgan fingerprint density at radius 1 is 1.22 bits per heavy atom. The van der Waals surface area contributed by atoms with E-state index in [1.165, 1.54) is 6.42 Å². The minimum Gasteiger partial charge on any atom is -0.488 e. The number of hydrogen-bond acceptors (Lipinski definition) is 4. The molecule has 1 aliphatic carbocycles. The van der Waals surface area contributed by atoms with Crippen LogP contribution in [-0.4, -0.2) is 16.9 Å². The van der Waals surface area contributed by atoms with E-state index in [0.717, 1.165) is 31.2 Å². The van der Waals surface area contributed by atoms with Gasteiger partial charge in [0, 0.05) is 29.6 Å². The fraction of sp³-hybridized carbons (Fsp3) is 0.318. The van der Waals surface area contributed by atoms with Gasteiger partial charge in [-0.15, -0.1) is 0 Å². The number of nitrogens with zero attached hydrogens (tertiary/aromatic N) is 2. The van der Waals surface area contributed by atoms with Gasteiger partial charge in [-0.1, -0.05) is 43.5 Å². The zero-order chi connectivity index (χ0) is 18.9. The Labute approximate surface area is 159 Å². The van der Waals surface area contributed by atoms with Crippen LogP contribution in [0.2, 0.25) is 0 Å². The van der Waals surface area contributed by atoms with Gasteiger partial charge in [0.2, 0.25) is 0 Å². The number of aromatic nitrogens is 1. The largest absolute Gasteiger partial charge is 0.488 e. The second kappa shape index (κ2) is 9.54. The van der Waals surface area contributed by atoms with E-state index in [1.807, 2.05) is 42.5 Å². The van der Waals surface area contributed by atoms with Crippen LogP contribution in [0.1, 0.15) is 43.2 Å². The average molecular weight is 361 g/mol. The number of amides is 1. The van der Waals surface area contributed by atoms with E-state index >= 15 is 0 Å². The number of para-hydroxylation sites is 1. The van der Waals surface area contributed by atoms with Gasteiger partial charge in [0.05, 0.1) is 0 Å². The van der Waals surface area contributed by atoms with Gasteiger partial charge < -0.3 is 10.1 Å². The first-order chi connectivity index (χ1) is 13.3. The standard InChI is InChI=1S/C22H23N3O2/c23-14-19(22(26)25-20-9-2-1-3-10-20)13-18-8-4-5-11-21(18)27-16-17-7-6-12-24-15-17/h4-8,11-13,15,20H,1-3,9-10,16H2,(H,25,26)/b19-13+. The first-order valence-corrected chi connectivity index (χ1v) is 9.29. The van der Waals surface area contributed by atoms with E-state index in [9.17, 15) is 10.1 Å². The Hall–Kier alpha value is -3.13. The highest BCUT2D eigenvalue weighted by molar-refractivity contribution is 6.02. The van der Waals surface area contributed by atoms with E-state index in [1.54, 1.807) is 18.5 Å².